The van der Waals surface area contributed by atoms with Crippen molar-refractivity contribution in [3.05, 3.63) is 117 Å². The Morgan fingerprint density at radius 3 is 1.37 bits per heavy atom. The average Bonchev–Trinajstić information content (AvgIpc) is 3.28. The maximum Gasteiger partial charge on any atom is 0.446 e. The lowest BCUT2D eigenvalue weighted by Gasteiger charge is -2.57. The highest BCUT2D eigenvalue weighted by atomic mass is 35.5. The molecular formula is C47H45Cl2F11N8O7. The molecule has 6 heterocycles. The van der Waals surface area contributed by atoms with Gasteiger partial charge in [-0.1, -0.05) is 61.3 Å². The molecule has 2 spiro atoms. The minimum Gasteiger partial charge on any atom is -0.444 e. The van der Waals surface area contributed by atoms with Crippen molar-refractivity contribution in [1.82, 2.24) is 30.0 Å². The molecule has 4 aromatic rings. The van der Waals surface area contributed by atoms with E-state index < -0.39 is 113 Å². The molecule has 0 unspecified atom stereocenters. The van der Waals surface area contributed by atoms with Gasteiger partial charge in [-0.2, -0.15) is 39.5 Å². The lowest BCUT2D eigenvalue weighted by molar-refractivity contribution is -0.163. The van der Waals surface area contributed by atoms with Crippen LogP contribution in [0.25, 0.3) is 0 Å². The normalized spacial score (nSPS) is 17.4. The molecule has 4 aliphatic rings. The summed E-state index contributed by atoms with van der Waals surface area (Å²) in [4.78, 5) is 87.7. The molecule has 5 amide bonds. The van der Waals surface area contributed by atoms with E-state index in [0.29, 0.717) is 18.0 Å². The van der Waals surface area contributed by atoms with Crippen LogP contribution in [0.3, 0.4) is 0 Å². The number of piperazine rings is 2. The maximum atomic E-state index is 14.6. The maximum absolute atomic E-state index is 14.6. The number of carbonyl (C=O) groups is 6. The number of rotatable bonds is 6. The van der Waals surface area contributed by atoms with Crippen molar-refractivity contribution in [1.29, 1.82) is 0 Å². The first-order chi connectivity index (χ1) is 35.2. The largest absolute Gasteiger partial charge is 0.446 e. The lowest BCUT2D eigenvalue weighted by Crippen LogP contribution is -2.81. The predicted molar refractivity (Wildman–Crippen MR) is 247 cm³/mol. The van der Waals surface area contributed by atoms with Crippen molar-refractivity contribution in [2.24, 2.45) is 0 Å². The highest BCUT2D eigenvalue weighted by Gasteiger charge is 2.62. The van der Waals surface area contributed by atoms with E-state index in [1.165, 1.54) is 45.2 Å². The Labute approximate surface area is 431 Å². The third kappa shape index (κ3) is 13.6. The molecule has 8 rings (SSSR count). The van der Waals surface area contributed by atoms with E-state index in [1.54, 1.807) is 27.7 Å². The van der Waals surface area contributed by atoms with E-state index in [1.807, 2.05) is 0 Å². The molecule has 15 nitrogen and oxygen atoms in total. The molecule has 1 N–H and O–H groups in total. The van der Waals surface area contributed by atoms with Gasteiger partial charge in [0.25, 0.3) is 11.8 Å². The molecule has 2 aromatic heterocycles. The topological polar surface area (TPSA) is 166 Å². The number of alkyl halides is 9. The van der Waals surface area contributed by atoms with Gasteiger partial charge >= 0.3 is 24.6 Å². The van der Waals surface area contributed by atoms with Gasteiger partial charge in [-0.15, -0.1) is 0 Å². The van der Waals surface area contributed by atoms with Crippen LogP contribution in [-0.4, -0.2) is 123 Å². The van der Waals surface area contributed by atoms with Gasteiger partial charge in [-0.3, -0.25) is 33.8 Å². The number of halogens is 13. The quantitative estimate of drug-likeness (QED) is 0.146. The summed E-state index contributed by atoms with van der Waals surface area (Å²) in [7, 11) is 0. The Bertz CT molecular complexity index is 2790. The second-order valence-electron chi connectivity index (χ2n) is 17.7. The molecule has 0 saturated carbocycles. The minimum absolute atomic E-state index is 0.00424. The zero-order chi connectivity index (χ0) is 56.9. The number of aldehydes is 1. The van der Waals surface area contributed by atoms with E-state index in [2.05, 4.69) is 15.3 Å². The van der Waals surface area contributed by atoms with Crippen LogP contribution in [-0.2, 0) is 54.2 Å². The summed E-state index contributed by atoms with van der Waals surface area (Å²) < 4.78 is 149. The van der Waals surface area contributed by atoms with Crippen molar-refractivity contribution in [3.63, 3.8) is 0 Å². The number of pyridine rings is 2. The summed E-state index contributed by atoms with van der Waals surface area (Å²) >= 11 is 11.5. The van der Waals surface area contributed by atoms with Crippen LogP contribution in [0.2, 0.25) is 10.0 Å². The molecule has 28 heteroatoms. The number of aromatic nitrogens is 2. The third-order valence-electron chi connectivity index (χ3n) is 11.4. The Morgan fingerprint density at radius 1 is 0.707 bits per heavy atom. The van der Waals surface area contributed by atoms with Gasteiger partial charge in [0.05, 0.1) is 34.3 Å². The minimum atomic E-state index is -4.64. The molecule has 75 heavy (non-hydrogen) atoms. The molecule has 4 aliphatic heterocycles. The summed E-state index contributed by atoms with van der Waals surface area (Å²) in [5.41, 5.74) is -4.54. The number of likely N-dealkylation sites (tertiary alicyclic amines) is 1. The number of hydrogen-bond acceptors (Lipinski definition) is 10. The second-order valence-corrected chi connectivity index (χ2v) is 18.6. The zero-order valence-electron chi connectivity index (χ0n) is 40.8. The van der Waals surface area contributed by atoms with E-state index >= 15 is 0 Å². The molecule has 406 valence electrons. The fourth-order valence-electron chi connectivity index (χ4n) is 7.84. The number of hydrogen-bond donors (Lipinski definition) is 1. The molecule has 4 saturated heterocycles. The number of benzene rings is 2. The zero-order valence-corrected chi connectivity index (χ0v) is 41.3. The summed E-state index contributed by atoms with van der Waals surface area (Å²) in [6, 6.07) is 10.5. The van der Waals surface area contributed by atoms with Crippen molar-refractivity contribution in [2.75, 3.05) is 49.1 Å². The molecular weight excluding hydrogens is 1070 g/mol. The van der Waals surface area contributed by atoms with E-state index in [0.717, 1.165) is 52.4 Å². The lowest BCUT2D eigenvalue weighted by atomic mass is 9.83. The highest BCUT2D eigenvalue weighted by Crippen LogP contribution is 2.39. The van der Waals surface area contributed by atoms with Crippen molar-refractivity contribution in [2.45, 2.75) is 82.9 Å². The van der Waals surface area contributed by atoms with Crippen LogP contribution >= 0.6 is 23.2 Å². The van der Waals surface area contributed by atoms with Gasteiger partial charge < -0.3 is 24.8 Å². The molecule has 0 aliphatic carbocycles. The fraction of sp³-hybridized carbons (Fsp3) is 0.404. The standard InChI is InChI=1S/C24H23ClF4N4O4.C19H15ClF4N4O2.C2HF3O.C2H6/c1-22(2,3)37-21(36)31-12-23(13-31)20(35)32(19-17(26)8-16(25)9-30-19)11-18(34)33(23)10-14-4-6-15(7-5-14)24(27,28)29;20-13-5-14(21)16(26-6-13)27-8-15(29)28(18(17(27)30)9-25-10-18)7-11-1-3-12(4-2-11)19(22,23)24;3-2(4,5)1-6;1-2/h4-9H,10-13H2,1-3H3;1-6,25H,7-10H2;1H;1-2H3/i;;;1D. The SMILES string of the molecule is CC(C)(C)OC(=O)N1CC2(C1)C(=O)N(c1ncc(Cl)cc1F)CC(=O)N2Cc1ccc(C(F)(F)F)cc1.O=C1CN(c2ncc(Cl)cc2F)C(=O)C2(CNC2)N1Cc1ccc(C(F)(F)F)cc1.O=CC(F)(F)F.[2H]CC. The van der Waals surface area contributed by atoms with Gasteiger partial charge in [0.1, 0.15) is 24.2 Å². The summed E-state index contributed by atoms with van der Waals surface area (Å²) in [6.45, 7) is 5.84. The predicted octanol–water partition coefficient (Wildman–Crippen LogP) is 8.64. The highest BCUT2D eigenvalue weighted by molar-refractivity contribution is 6.30. The number of ether oxygens (including phenoxy) is 1. The van der Waals surface area contributed by atoms with Crippen molar-refractivity contribution >= 4 is 70.8 Å². The number of anilines is 2. The van der Waals surface area contributed by atoms with Gasteiger partial charge in [-0.25, -0.2) is 23.5 Å². The second kappa shape index (κ2) is 22.7. The summed E-state index contributed by atoms with van der Waals surface area (Å²) in [6.07, 6.45) is -13.1. The number of amides is 5. The summed E-state index contributed by atoms with van der Waals surface area (Å²) in [5, 5.41) is 2.99. The van der Waals surface area contributed by atoms with Gasteiger partial charge in [0.2, 0.25) is 18.1 Å². The Morgan fingerprint density at radius 2 is 1.07 bits per heavy atom. The summed E-state index contributed by atoms with van der Waals surface area (Å²) in [5.74, 6) is -4.70. The first-order valence-electron chi connectivity index (χ1n) is 22.6. The van der Waals surface area contributed by atoms with Crippen LogP contribution in [0.4, 0.5) is 64.7 Å². The van der Waals surface area contributed by atoms with Crippen LogP contribution in [0.1, 0.15) is 58.2 Å². The molecule has 2 aromatic carbocycles. The van der Waals surface area contributed by atoms with Crippen molar-refractivity contribution in [3.8, 4) is 0 Å². The van der Waals surface area contributed by atoms with Gasteiger partial charge in [0.15, 0.2) is 28.8 Å². The van der Waals surface area contributed by atoms with Gasteiger partial charge in [0, 0.05) is 39.9 Å². The van der Waals surface area contributed by atoms with Crippen LogP contribution in [0, 0.1) is 11.6 Å². The molecule has 0 bridgehead atoms. The van der Waals surface area contributed by atoms with E-state index in [-0.39, 0.29) is 55.1 Å². The first kappa shape index (κ1) is 57.6. The first-order valence-corrected chi connectivity index (χ1v) is 22.7. The van der Waals surface area contributed by atoms with Crippen LogP contribution < -0.4 is 15.1 Å². The number of nitrogens with zero attached hydrogens (tertiary/aromatic N) is 7. The Hall–Kier alpha value is -6.67. The third-order valence-corrected chi connectivity index (χ3v) is 11.8. The number of nitrogens with one attached hydrogen (secondary N) is 1. The fourth-order valence-corrected chi connectivity index (χ4v) is 8.13. The smallest absolute Gasteiger partial charge is 0.444 e. The van der Waals surface area contributed by atoms with Crippen molar-refractivity contribution < 1.29 is 83.2 Å². The monoisotopic (exact) mass is 1110 g/mol. The van der Waals surface area contributed by atoms with Gasteiger partial charge in [-0.05, 0) is 68.3 Å². The Kier molecular flexibility index (Phi) is 17.4. The molecule has 0 radical (unpaired) electrons. The van der Waals surface area contributed by atoms with Crippen LogP contribution in [0.15, 0.2) is 73.1 Å². The average molecular weight is 1110 g/mol. The molecule has 4 fully saturated rings. The van der Waals surface area contributed by atoms with Crippen LogP contribution in [0.5, 0.6) is 0 Å². The van der Waals surface area contributed by atoms with E-state index in [4.69, 9.17) is 34.1 Å². The number of carbonyl (C=O) groups excluding carboxylic acids is 6. The van der Waals surface area contributed by atoms with E-state index in [9.17, 15) is 72.3 Å². The Balaban J connectivity index is 0.000000246. The molecule has 0 atom stereocenters.